The number of carboxylic acids is 1. The van der Waals surface area contributed by atoms with Crippen LogP contribution in [0.5, 0.6) is 0 Å². The predicted octanol–water partition coefficient (Wildman–Crippen LogP) is 4.11. The van der Waals surface area contributed by atoms with E-state index in [0.29, 0.717) is 6.42 Å². The second-order valence-electron chi connectivity index (χ2n) is 4.26. The van der Waals surface area contributed by atoms with Gasteiger partial charge in [0.15, 0.2) is 0 Å². The molecular weight excluding hydrogens is 224 g/mol. The minimum absolute atomic E-state index is 0.236. The molecule has 0 heterocycles. The summed E-state index contributed by atoms with van der Waals surface area (Å²) in [6.45, 7) is 0. The van der Waals surface area contributed by atoms with Crippen molar-refractivity contribution in [2.24, 2.45) is 0 Å². The van der Waals surface area contributed by atoms with Crippen molar-refractivity contribution < 1.29 is 9.90 Å². The molecule has 18 heavy (non-hydrogen) atoms. The lowest BCUT2D eigenvalue weighted by atomic mass is 10.0. The van der Waals surface area contributed by atoms with Gasteiger partial charge in [-0.1, -0.05) is 54.6 Å². The molecule has 0 aromatic heterocycles. The van der Waals surface area contributed by atoms with Crippen molar-refractivity contribution in [2.45, 2.75) is 19.3 Å². The van der Waals surface area contributed by atoms with E-state index in [4.69, 9.17) is 5.11 Å². The van der Waals surface area contributed by atoms with Crippen LogP contribution in [-0.4, -0.2) is 11.1 Å². The number of hydrogen-bond acceptors (Lipinski definition) is 1. The van der Waals surface area contributed by atoms with Gasteiger partial charge in [-0.25, -0.2) is 0 Å². The van der Waals surface area contributed by atoms with E-state index < -0.39 is 5.97 Å². The van der Waals surface area contributed by atoms with Gasteiger partial charge in [0.05, 0.1) is 0 Å². The van der Waals surface area contributed by atoms with Crippen LogP contribution in [0, 0.1) is 0 Å². The van der Waals surface area contributed by atoms with Gasteiger partial charge in [0.25, 0.3) is 0 Å². The fraction of sp³-hybridized carbons (Fsp3) is 0.188. The lowest BCUT2D eigenvalue weighted by Gasteiger charge is -2.01. The number of carboxylic acid groups (broad SMARTS) is 1. The number of allylic oxidation sites excluding steroid dienone is 1. The Morgan fingerprint density at radius 3 is 2.72 bits per heavy atom. The first-order chi connectivity index (χ1) is 8.77. The van der Waals surface area contributed by atoms with Crippen LogP contribution in [0.2, 0.25) is 0 Å². The Morgan fingerprint density at radius 1 is 1.11 bits per heavy atom. The van der Waals surface area contributed by atoms with Crippen LogP contribution in [0.25, 0.3) is 16.8 Å². The molecule has 0 spiro atoms. The number of carbonyl (C=O) groups is 1. The van der Waals surface area contributed by atoms with Gasteiger partial charge >= 0.3 is 5.97 Å². The van der Waals surface area contributed by atoms with Gasteiger partial charge in [-0.05, 0) is 29.2 Å². The minimum Gasteiger partial charge on any atom is -0.481 e. The van der Waals surface area contributed by atoms with Crippen LogP contribution in [0.4, 0.5) is 0 Å². The van der Waals surface area contributed by atoms with Crippen LogP contribution in [0.15, 0.2) is 48.5 Å². The fourth-order valence-corrected chi connectivity index (χ4v) is 1.98. The highest BCUT2D eigenvalue weighted by Crippen LogP contribution is 2.19. The zero-order chi connectivity index (χ0) is 12.8. The first kappa shape index (κ1) is 12.4. The number of fused-ring (bicyclic) bond motifs is 1. The van der Waals surface area contributed by atoms with Crippen LogP contribution in [0.3, 0.4) is 0 Å². The number of benzene rings is 2. The molecule has 1 N–H and O–H groups in total. The van der Waals surface area contributed by atoms with Crippen molar-refractivity contribution in [3.05, 3.63) is 54.1 Å². The summed E-state index contributed by atoms with van der Waals surface area (Å²) in [6, 6.07) is 14.5. The molecule has 0 bridgehead atoms. The monoisotopic (exact) mass is 240 g/mol. The lowest BCUT2D eigenvalue weighted by molar-refractivity contribution is -0.137. The smallest absolute Gasteiger partial charge is 0.303 e. The highest BCUT2D eigenvalue weighted by Gasteiger charge is 1.96. The Labute approximate surface area is 107 Å². The van der Waals surface area contributed by atoms with Crippen LogP contribution < -0.4 is 0 Å². The standard InChI is InChI=1S/C16H16O2/c17-16(18)12-3-1-2-7-13-9-6-10-14-8-4-5-11-15(13)14/h2,4-11H,1,3,12H2,(H,17,18)/b7-2+. The molecule has 0 amide bonds. The maximum absolute atomic E-state index is 10.4. The summed E-state index contributed by atoms with van der Waals surface area (Å²) in [5.74, 6) is -0.728. The average molecular weight is 240 g/mol. The maximum atomic E-state index is 10.4. The molecule has 0 radical (unpaired) electrons. The van der Waals surface area contributed by atoms with Crippen molar-refractivity contribution in [2.75, 3.05) is 0 Å². The van der Waals surface area contributed by atoms with E-state index in [0.717, 1.165) is 6.42 Å². The Morgan fingerprint density at radius 2 is 1.89 bits per heavy atom. The molecule has 0 unspecified atom stereocenters. The van der Waals surface area contributed by atoms with Crippen molar-refractivity contribution in [1.82, 2.24) is 0 Å². The summed E-state index contributed by atoms with van der Waals surface area (Å²) in [7, 11) is 0. The molecule has 2 rings (SSSR count). The highest BCUT2D eigenvalue weighted by molar-refractivity contribution is 5.90. The molecule has 0 aliphatic carbocycles. The minimum atomic E-state index is -0.728. The Bertz CT molecular complexity index is 565. The van der Waals surface area contributed by atoms with E-state index in [1.165, 1.54) is 16.3 Å². The first-order valence-electron chi connectivity index (χ1n) is 6.13. The Kier molecular flexibility index (Phi) is 4.13. The quantitative estimate of drug-likeness (QED) is 0.798. The average Bonchev–Trinajstić information content (AvgIpc) is 2.38. The first-order valence-corrected chi connectivity index (χ1v) is 6.13. The van der Waals surface area contributed by atoms with Gasteiger partial charge < -0.3 is 5.11 Å². The molecule has 0 aliphatic heterocycles. The van der Waals surface area contributed by atoms with E-state index in [2.05, 4.69) is 30.3 Å². The van der Waals surface area contributed by atoms with E-state index >= 15 is 0 Å². The van der Waals surface area contributed by atoms with Gasteiger partial charge in [-0.15, -0.1) is 0 Å². The van der Waals surface area contributed by atoms with Crippen molar-refractivity contribution in [3.63, 3.8) is 0 Å². The molecule has 2 nitrogen and oxygen atoms in total. The van der Waals surface area contributed by atoms with Gasteiger partial charge in [0, 0.05) is 6.42 Å². The van der Waals surface area contributed by atoms with E-state index in [-0.39, 0.29) is 6.42 Å². The third-order valence-electron chi connectivity index (χ3n) is 2.88. The van der Waals surface area contributed by atoms with E-state index in [1.54, 1.807) is 0 Å². The number of unbranched alkanes of at least 4 members (excludes halogenated alkanes) is 1. The third kappa shape index (κ3) is 3.20. The topological polar surface area (TPSA) is 37.3 Å². The number of rotatable bonds is 5. The number of hydrogen-bond donors (Lipinski definition) is 1. The molecule has 2 aromatic rings. The van der Waals surface area contributed by atoms with Crippen molar-refractivity contribution in [1.29, 1.82) is 0 Å². The van der Waals surface area contributed by atoms with Crippen LogP contribution in [-0.2, 0) is 4.79 Å². The van der Waals surface area contributed by atoms with Crippen molar-refractivity contribution in [3.8, 4) is 0 Å². The zero-order valence-electron chi connectivity index (χ0n) is 10.2. The molecule has 0 fully saturated rings. The predicted molar refractivity (Wildman–Crippen MR) is 74.5 cm³/mol. The fourth-order valence-electron chi connectivity index (χ4n) is 1.98. The zero-order valence-corrected chi connectivity index (χ0v) is 10.2. The summed E-state index contributed by atoms with van der Waals surface area (Å²) < 4.78 is 0. The highest BCUT2D eigenvalue weighted by atomic mass is 16.4. The molecule has 92 valence electrons. The van der Waals surface area contributed by atoms with Gasteiger partial charge in [-0.2, -0.15) is 0 Å². The van der Waals surface area contributed by atoms with Gasteiger partial charge in [-0.3, -0.25) is 4.79 Å². The van der Waals surface area contributed by atoms with Gasteiger partial charge in [0.1, 0.15) is 0 Å². The largest absolute Gasteiger partial charge is 0.481 e. The second-order valence-corrected chi connectivity index (χ2v) is 4.26. The van der Waals surface area contributed by atoms with Crippen molar-refractivity contribution >= 4 is 22.8 Å². The van der Waals surface area contributed by atoms with E-state index in [1.807, 2.05) is 24.3 Å². The van der Waals surface area contributed by atoms with E-state index in [9.17, 15) is 4.79 Å². The molecule has 0 saturated carbocycles. The maximum Gasteiger partial charge on any atom is 0.303 e. The molecule has 0 aliphatic rings. The van der Waals surface area contributed by atoms with Gasteiger partial charge in [0.2, 0.25) is 0 Å². The SMILES string of the molecule is O=C(O)CCC/C=C/c1cccc2ccccc12. The lowest BCUT2D eigenvalue weighted by Crippen LogP contribution is -1.92. The second kappa shape index (κ2) is 6.01. The summed E-state index contributed by atoms with van der Waals surface area (Å²) in [5, 5.41) is 11.0. The molecular formula is C16H16O2. The molecule has 0 saturated heterocycles. The molecule has 2 aromatic carbocycles. The molecule has 0 atom stereocenters. The summed E-state index contributed by atoms with van der Waals surface area (Å²) in [6.07, 6.45) is 5.85. The normalized spacial score (nSPS) is 11.1. The summed E-state index contributed by atoms with van der Waals surface area (Å²) in [5.41, 5.74) is 1.18. The number of aliphatic carboxylic acids is 1. The third-order valence-corrected chi connectivity index (χ3v) is 2.88. The van der Waals surface area contributed by atoms with Crippen LogP contribution in [0.1, 0.15) is 24.8 Å². The molecule has 2 heteroatoms. The summed E-state index contributed by atoms with van der Waals surface area (Å²) >= 11 is 0. The van der Waals surface area contributed by atoms with Crippen LogP contribution >= 0.6 is 0 Å². The Hall–Kier alpha value is -2.09. The Balaban J connectivity index is 2.07. The summed E-state index contributed by atoms with van der Waals surface area (Å²) in [4.78, 5) is 10.4.